The van der Waals surface area contributed by atoms with E-state index in [0.29, 0.717) is 29.4 Å². The lowest BCUT2D eigenvalue weighted by Crippen LogP contribution is -2.24. The Morgan fingerprint density at radius 2 is 1.77 bits per heavy atom. The van der Waals surface area contributed by atoms with Crippen LogP contribution < -0.4 is 15.8 Å². The Morgan fingerprint density at radius 1 is 1.05 bits per heavy atom. The number of aromatic nitrogens is 2. The topological polar surface area (TPSA) is 99.4 Å². The number of nitrogens with zero attached hydrogens (tertiary/aromatic N) is 2. The van der Waals surface area contributed by atoms with Gasteiger partial charge in [0, 0.05) is 29.4 Å². The number of nitrogen functional groups attached to an aromatic ring is 1. The Kier molecular flexibility index (Phi) is 6.07. The highest BCUT2D eigenvalue weighted by molar-refractivity contribution is 5.94. The summed E-state index contributed by atoms with van der Waals surface area (Å²) in [6.45, 7) is 8.02. The van der Waals surface area contributed by atoms with Gasteiger partial charge in [-0.3, -0.25) is 4.79 Å². The smallest absolute Gasteiger partial charge is 0.251 e. The number of hydrogen-bond acceptors (Lipinski definition) is 6. The Hall–Kier alpha value is -4.30. The van der Waals surface area contributed by atoms with Crippen LogP contribution >= 0.6 is 0 Å². The van der Waals surface area contributed by atoms with E-state index in [9.17, 15) is 9.18 Å². The summed E-state index contributed by atoms with van der Waals surface area (Å²) in [5, 5.41) is 3.01. The molecule has 0 saturated heterocycles. The predicted octanol–water partition coefficient (Wildman–Crippen LogP) is 5.72. The van der Waals surface area contributed by atoms with Crippen molar-refractivity contribution in [1.29, 1.82) is 0 Å². The second-order valence-electron chi connectivity index (χ2n) is 10.4. The van der Waals surface area contributed by atoms with Crippen molar-refractivity contribution in [2.75, 3.05) is 5.73 Å². The first kappa shape index (κ1) is 25.0. The molecule has 8 heteroatoms. The first-order valence-electron chi connectivity index (χ1n) is 13.0. The number of fused-ring (bicyclic) bond motifs is 8. The van der Waals surface area contributed by atoms with Crippen molar-refractivity contribution in [2.24, 2.45) is 0 Å². The molecule has 39 heavy (non-hydrogen) atoms. The molecule has 2 aliphatic rings. The number of halogens is 1. The number of anilines is 1. The van der Waals surface area contributed by atoms with Crippen LogP contribution in [0.5, 0.6) is 5.88 Å². The van der Waals surface area contributed by atoms with Gasteiger partial charge in [0.05, 0.1) is 12.3 Å². The van der Waals surface area contributed by atoms with Gasteiger partial charge in [0.15, 0.2) is 0 Å². The van der Waals surface area contributed by atoms with Gasteiger partial charge in [-0.15, -0.1) is 0 Å². The summed E-state index contributed by atoms with van der Waals surface area (Å²) in [6.07, 6.45) is 0.595. The Labute approximate surface area is 226 Å². The highest BCUT2D eigenvalue weighted by atomic mass is 19.1. The van der Waals surface area contributed by atoms with Crippen LogP contribution in [0.3, 0.4) is 0 Å². The summed E-state index contributed by atoms with van der Waals surface area (Å²) in [5.74, 6) is 0.274. The minimum atomic E-state index is -0.411. The average molecular weight is 525 g/mol. The molecule has 198 valence electrons. The van der Waals surface area contributed by atoms with E-state index in [0.717, 1.165) is 44.6 Å². The van der Waals surface area contributed by atoms with Gasteiger partial charge in [-0.2, -0.15) is 0 Å². The van der Waals surface area contributed by atoms with Crippen LogP contribution in [-0.4, -0.2) is 22.0 Å². The fourth-order valence-electron chi connectivity index (χ4n) is 5.53. The average Bonchev–Trinajstić information content (AvgIpc) is 3.45. The first-order chi connectivity index (χ1) is 18.7. The molecule has 2 aromatic carbocycles. The molecular weight excluding hydrogens is 495 g/mol. The quantitative estimate of drug-likeness (QED) is 0.335. The van der Waals surface area contributed by atoms with E-state index in [1.807, 2.05) is 70.2 Å². The highest BCUT2D eigenvalue weighted by Gasteiger charge is 2.43. The van der Waals surface area contributed by atoms with Crippen molar-refractivity contribution in [3.05, 3.63) is 105 Å². The maximum Gasteiger partial charge on any atom is 0.251 e. The third kappa shape index (κ3) is 4.40. The molecule has 6 rings (SSSR count). The molecule has 7 nitrogen and oxygen atoms in total. The molecule has 2 aliphatic heterocycles. The monoisotopic (exact) mass is 524 g/mol. The third-order valence-electron chi connectivity index (χ3n) is 7.34. The lowest BCUT2D eigenvalue weighted by atomic mass is 9.84. The minimum absolute atomic E-state index is 0.0635. The van der Waals surface area contributed by atoms with E-state index in [-0.39, 0.29) is 24.2 Å². The number of hydrogen-bond donors (Lipinski definition) is 2. The molecule has 0 spiro atoms. The molecule has 3 N–H and O–H groups in total. The fourth-order valence-corrected chi connectivity index (χ4v) is 5.53. The molecule has 2 aromatic heterocycles. The van der Waals surface area contributed by atoms with Gasteiger partial charge >= 0.3 is 0 Å². The van der Waals surface area contributed by atoms with Crippen LogP contribution in [0.15, 0.2) is 54.7 Å². The van der Waals surface area contributed by atoms with E-state index in [1.54, 1.807) is 6.07 Å². The second-order valence-corrected chi connectivity index (χ2v) is 10.4. The van der Waals surface area contributed by atoms with Gasteiger partial charge in [0.1, 0.15) is 23.8 Å². The molecule has 2 unspecified atom stereocenters. The standard InChI is InChI=1S/C31H29FN4O3/c1-15(2)38-28-12-22(26(32)14-34-28)18-5-7-20-23(10-18)29-21-8-6-19(11-24(21)30(20)39-29)31(37)35-13-25-16(3)9-27(33)36-17(25)4/h5-12,14-15,29-30H,13H2,1-4H3,(H2,33,36)(H,35,37). The number of pyridine rings is 2. The maximum absolute atomic E-state index is 14.7. The van der Waals surface area contributed by atoms with Crippen LogP contribution in [0.25, 0.3) is 11.1 Å². The van der Waals surface area contributed by atoms with Crippen LogP contribution in [-0.2, 0) is 11.3 Å². The molecule has 0 aliphatic carbocycles. The van der Waals surface area contributed by atoms with Gasteiger partial charge < -0.3 is 20.5 Å². The molecular formula is C31H29FN4O3. The number of carbonyl (C=O) groups excluding carboxylic acids is 1. The molecule has 0 fully saturated rings. The zero-order valence-corrected chi connectivity index (χ0v) is 22.2. The first-order valence-corrected chi connectivity index (χ1v) is 13.0. The zero-order chi connectivity index (χ0) is 27.4. The molecule has 1 amide bonds. The summed E-state index contributed by atoms with van der Waals surface area (Å²) < 4.78 is 26.7. The summed E-state index contributed by atoms with van der Waals surface area (Å²) in [5.41, 5.74) is 14.4. The number of benzene rings is 2. The Morgan fingerprint density at radius 3 is 2.49 bits per heavy atom. The zero-order valence-electron chi connectivity index (χ0n) is 22.2. The van der Waals surface area contributed by atoms with Gasteiger partial charge in [-0.25, -0.2) is 14.4 Å². The Balaban J connectivity index is 1.24. The number of amides is 1. The normalized spacial score (nSPS) is 16.8. The lowest BCUT2D eigenvalue weighted by molar-refractivity contribution is 0.0857. The summed E-state index contributed by atoms with van der Waals surface area (Å²) in [4.78, 5) is 21.4. The van der Waals surface area contributed by atoms with E-state index in [2.05, 4.69) is 15.3 Å². The molecule has 4 aromatic rings. The molecule has 2 bridgehead atoms. The van der Waals surface area contributed by atoms with Crippen molar-refractivity contribution in [2.45, 2.75) is 52.6 Å². The summed E-state index contributed by atoms with van der Waals surface area (Å²) in [7, 11) is 0. The van der Waals surface area contributed by atoms with Crippen molar-refractivity contribution >= 4 is 11.7 Å². The lowest BCUT2D eigenvalue weighted by Gasteiger charge is -2.18. The van der Waals surface area contributed by atoms with Gasteiger partial charge in [-0.1, -0.05) is 18.2 Å². The van der Waals surface area contributed by atoms with E-state index >= 15 is 0 Å². The van der Waals surface area contributed by atoms with Crippen LogP contribution in [0.1, 0.15) is 75.5 Å². The largest absolute Gasteiger partial charge is 0.475 e. The number of carbonyl (C=O) groups is 1. The fraction of sp³-hybridized carbons (Fsp3) is 0.258. The van der Waals surface area contributed by atoms with E-state index < -0.39 is 5.82 Å². The Bertz CT molecular complexity index is 1610. The van der Waals surface area contributed by atoms with Crippen molar-refractivity contribution < 1.29 is 18.7 Å². The van der Waals surface area contributed by atoms with E-state index in [4.69, 9.17) is 15.2 Å². The van der Waals surface area contributed by atoms with Crippen LogP contribution in [0, 0.1) is 19.7 Å². The van der Waals surface area contributed by atoms with Gasteiger partial charge in [-0.05, 0) is 90.9 Å². The summed E-state index contributed by atoms with van der Waals surface area (Å²) >= 11 is 0. The number of ether oxygens (including phenoxy) is 2. The minimum Gasteiger partial charge on any atom is -0.475 e. The molecule has 2 atom stereocenters. The second kappa shape index (κ2) is 9.47. The molecule has 0 radical (unpaired) electrons. The van der Waals surface area contributed by atoms with E-state index in [1.165, 1.54) is 6.20 Å². The molecule has 0 saturated carbocycles. The van der Waals surface area contributed by atoms with Crippen LogP contribution in [0.2, 0.25) is 0 Å². The van der Waals surface area contributed by atoms with Gasteiger partial charge in [0.2, 0.25) is 5.88 Å². The SMILES string of the molecule is Cc1cc(N)nc(C)c1CNC(=O)c1ccc2c(c1)C1OC2c2cc(-c3cc(OC(C)C)ncc3F)ccc21. The highest BCUT2D eigenvalue weighted by Crippen LogP contribution is 2.55. The van der Waals surface area contributed by atoms with Gasteiger partial charge in [0.25, 0.3) is 5.91 Å². The van der Waals surface area contributed by atoms with Crippen molar-refractivity contribution in [3.63, 3.8) is 0 Å². The maximum atomic E-state index is 14.7. The number of aryl methyl sites for hydroxylation is 2. The molecule has 4 heterocycles. The van der Waals surface area contributed by atoms with Crippen molar-refractivity contribution in [3.8, 4) is 17.0 Å². The number of rotatable bonds is 6. The number of nitrogens with two attached hydrogens (primary N) is 1. The van der Waals surface area contributed by atoms with Crippen LogP contribution in [0.4, 0.5) is 10.2 Å². The summed E-state index contributed by atoms with van der Waals surface area (Å²) in [6, 6.07) is 15.0. The number of nitrogens with one attached hydrogen (secondary N) is 1. The third-order valence-corrected chi connectivity index (χ3v) is 7.34. The van der Waals surface area contributed by atoms with Crippen molar-refractivity contribution in [1.82, 2.24) is 15.3 Å². The predicted molar refractivity (Wildman–Crippen MR) is 146 cm³/mol.